The lowest BCUT2D eigenvalue weighted by atomic mass is 10.1. The zero-order valence-corrected chi connectivity index (χ0v) is 16.2. The molecule has 0 saturated heterocycles. The first-order chi connectivity index (χ1) is 13.7. The summed E-state index contributed by atoms with van der Waals surface area (Å²) in [6, 6.07) is 9.67. The summed E-state index contributed by atoms with van der Waals surface area (Å²) in [6.45, 7) is 3.55. The molecule has 0 amide bonds. The largest absolute Gasteiger partial charge is 0.382 e. The van der Waals surface area contributed by atoms with Crippen molar-refractivity contribution in [2.75, 3.05) is 17.6 Å². The molecular formula is C19H21ClN8. The van der Waals surface area contributed by atoms with E-state index >= 15 is 0 Å². The fraction of sp³-hybridized carbons (Fsp3) is 0.263. The van der Waals surface area contributed by atoms with Crippen LogP contribution in [0.4, 0.5) is 11.8 Å². The van der Waals surface area contributed by atoms with E-state index in [0.717, 1.165) is 35.9 Å². The van der Waals surface area contributed by atoms with Gasteiger partial charge < -0.3 is 15.6 Å². The number of anilines is 2. The highest BCUT2D eigenvalue weighted by atomic mass is 35.5. The standard InChI is InChI=1S/C19H21ClN8/c1-2-11-28-17(14-8-10-23-27-14)24-15-16(21)25-19(26-18(15)28)22-9-7-12-3-5-13(20)6-4-12/h3-6,8,10H,2,7,9,11H2,1H3,(H,23,27)(H3,21,22,25,26). The second kappa shape index (κ2) is 7.85. The van der Waals surface area contributed by atoms with Crippen LogP contribution in [0.3, 0.4) is 0 Å². The van der Waals surface area contributed by atoms with Gasteiger partial charge >= 0.3 is 0 Å². The molecule has 8 nitrogen and oxygen atoms in total. The molecule has 0 atom stereocenters. The summed E-state index contributed by atoms with van der Waals surface area (Å²) in [5.41, 5.74) is 9.42. The molecule has 4 rings (SSSR count). The minimum atomic E-state index is 0.352. The third kappa shape index (κ3) is 3.63. The van der Waals surface area contributed by atoms with Crippen LogP contribution in [0.25, 0.3) is 22.7 Å². The van der Waals surface area contributed by atoms with Gasteiger partial charge in [0.1, 0.15) is 5.69 Å². The lowest BCUT2D eigenvalue weighted by Gasteiger charge is -2.08. The van der Waals surface area contributed by atoms with Gasteiger partial charge in [-0.1, -0.05) is 30.7 Å². The molecule has 0 aliphatic carbocycles. The zero-order valence-electron chi connectivity index (χ0n) is 15.5. The van der Waals surface area contributed by atoms with Crippen LogP contribution in [0.2, 0.25) is 5.02 Å². The number of nitrogens with two attached hydrogens (primary N) is 1. The highest BCUT2D eigenvalue weighted by Gasteiger charge is 2.18. The van der Waals surface area contributed by atoms with Crippen molar-refractivity contribution >= 4 is 34.5 Å². The van der Waals surface area contributed by atoms with E-state index in [1.54, 1.807) is 6.20 Å². The van der Waals surface area contributed by atoms with E-state index in [1.165, 1.54) is 5.56 Å². The van der Waals surface area contributed by atoms with Crippen molar-refractivity contribution in [1.82, 2.24) is 29.7 Å². The van der Waals surface area contributed by atoms with Gasteiger partial charge in [-0.25, -0.2) is 4.98 Å². The Morgan fingerprint density at radius 2 is 1.96 bits per heavy atom. The van der Waals surface area contributed by atoms with Crippen LogP contribution in [0.5, 0.6) is 0 Å². The van der Waals surface area contributed by atoms with Gasteiger partial charge in [-0.15, -0.1) is 0 Å². The smallest absolute Gasteiger partial charge is 0.226 e. The molecule has 0 bridgehead atoms. The van der Waals surface area contributed by atoms with Crippen LogP contribution < -0.4 is 11.1 Å². The van der Waals surface area contributed by atoms with Gasteiger partial charge in [0.15, 0.2) is 22.8 Å². The number of halogens is 1. The normalized spacial score (nSPS) is 11.2. The van der Waals surface area contributed by atoms with Crippen LogP contribution in [-0.2, 0) is 13.0 Å². The summed E-state index contributed by atoms with van der Waals surface area (Å²) in [5.74, 6) is 1.58. The van der Waals surface area contributed by atoms with E-state index in [1.807, 2.05) is 34.9 Å². The molecule has 4 aromatic rings. The summed E-state index contributed by atoms with van der Waals surface area (Å²) in [6.07, 6.45) is 3.53. The molecule has 0 aliphatic rings. The van der Waals surface area contributed by atoms with Crippen LogP contribution >= 0.6 is 11.6 Å². The molecule has 0 aliphatic heterocycles. The van der Waals surface area contributed by atoms with E-state index in [4.69, 9.17) is 17.3 Å². The average Bonchev–Trinajstić information content (AvgIpc) is 3.33. The van der Waals surface area contributed by atoms with Crippen molar-refractivity contribution in [3.63, 3.8) is 0 Å². The van der Waals surface area contributed by atoms with Crippen molar-refractivity contribution in [1.29, 1.82) is 0 Å². The van der Waals surface area contributed by atoms with Gasteiger partial charge in [-0.05, 0) is 36.6 Å². The molecule has 0 spiro atoms. The van der Waals surface area contributed by atoms with E-state index in [-0.39, 0.29) is 0 Å². The summed E-state index contributed by atoms with van der Waals surface area (Å²) in [4.78, 5) is 13.7. The Balaban J connectivity index is 1.61. The number of imidazole rings is 1. The molecular weight excluding hydrogens is 376 g/mol. The molecule has 3 aromatic heterocycles. The molecule has 0 saturated carbocycles. The van der Waals surface area contributed by atoms with Crippen molar-refractivity contribution in [3.8, 4) is 11.5 Å². The van der Waals surface area contributed by atoms with Gasteiger partial charge in [0.2, 0.25) is 5.95 Å². The Morgan fingerprint density at radius 3 is 2.68 bits per heavy atom. The monoisotopic (exact) mass is 396 g/mol. The SMILES string of the molecule is CCCn1c(-c2cc[nH]n2)nc2c(N)nc(NCCc3ccc(Cl)cc3)nc21. The molecule has 28 heavy (non-hydrogen) atoms. The number of fused-ring (bicyclic) bond motifs is 1. The maximum atomic E-state index is 6.18. The molecule has 0 radical (unpaired) electrons. The lowest BCUT2D eigenvalue weighted by Crippen LogP contribution is -2.10. The van der Waals surface area contributed by atoms with Crippen molar-refractivity contribution < 1.29 is 0 Å². The number of H-pyrrole nitrogens is 1. The Kier molecular flexibility index (Phi) is 5.12. The van der Waals surface area contributed by atoms with Crippen molar-refractivity contribution in [2.45, 2.75) is 26.3 Å². The molecule has 144 valence electrons. The number of aryl methyl sites for hydroxylation is 1. The average molecular weight is 397 g/mol. The van der Waals surface area contributed by atoms with Crippen LogP contribution in [-0.4, -0.2) is 36.3 Å². The molecule has 9 heteroatoms. The Morgan fingerprint density at radius 1 is 1.14 bits per heavy atom. The Labute approximate surface area is 167 Å². The predicted octanol–water partition coefficient (Wildman–Crippen LogP) is 3.52. The number of aromatic nitrogens is 6. The van der Waals surface area contributed by atoms with E-state index in [0.29, 0.717) is 29.5 Å². The summed E-state index contributed by atoms with van der Waals surface area (Å²) < 4.78 is 2.04. The van der Waals surface area contributed by atoms with E-state index in [9.17, 15) is 0 Å². The minimum Gasteiger partial charge on any atom is -0.382 e. The zero-order chi connectivity index (χ0) is 19.5. The van der Waals surface area contributed by atoms with Crippen molar-refractivity contribution in [2.24, 2.45) is 0 Å². The van der Waals surface area contributed by atoms with Gasteiger partial charge in [-0.2, -0.15) is 15.1 Å². The van der Waals surface area contributed by atoms with Gasteiger partial charge in [0.05, 0.1) is 0 Å². The van der Waals surface area contributed by atoms with Gasteiger partial charge in [0.25, 0.3) is 0 Å². The molecule has 3 heterocycles. The first-order valence-electron chi connectivity index (χ1n) is 9.18. The number of rotatable bonds is 7. The number of nitrogens with one attached hydrogen (secondary N) is 2. The fourth-order valence-electron chi connectivity index (χ4n) is 3.09. The number of hydrogen-bond donors (Lipinski definition) is 3. The van der Waals surface area contributed by atoms with Crippen LogP contribution in [0.15, 0.2) is 36.5 Å². The second-order valence-corrected chi connectivity index (χ2v) is 6.89. The maximum Gasteiger partial charge on any atom is 0.226 e. The first kappa shape index (κ1) is 18.2. The highest BCUT2D eigenvalue weighted by Crippen LogP contribution is 2.26. The quantitative estimate of drug-likeness (QED) is 0.441. The fourth-order valence-corrected chi connectivity index (χ4v) is 3.21. The van der Waals surface area contributed by atoms with E-state index < -0.39 is 0 Å². The summed E-state index contributed by atoms with van der Waals surface area (Å²) in [7, 11) is 0. The number of aromatic amines is 1. The highest BCUT2D eigenvalue weighted by molar-refractivity contribution is 6.30. The number of hydrogen-bond acceptors (Lipinski definition) is 6. The van der Waals surface area contributed by atoms with Gasteiger partial charge in [-0.3, -0.25) is 5.10 Å². The first-order valence-corrected chi connectivity index (χ1v) is 9.55. The third-order valence-corrected chi connectivity index (χ3v) is 4.66. The van der Waals surface area contributed by atoms with Crippen molar-refractivity contribution in [3.05, 3.63) is 47.1 Å². The van der Waals surface area contributed by atoms with E-state index in [2.05, 4.69) is 37.4 Å². The summed E-state index contributed by atoms with van der Waals surface area (Å²) >= 11 is 5.93. The predicted molar refractivity (Wildman–Crippen MR) is 111 cm³/mol. The number of nitrogens with zero attached hydrogens (tertiary/aromatic N) is 5. The third-order valence-electron chi connectivity index (χ3n) is 4.41. The summed E-state index contributed by atoms with van der Waals surface area (Å²) in [5, 5.41) is 11.1. The Bertz CT molecular complexity index is 1070. The molecule has 4 N–H and O–H groups in total. The minimum absolute atomic E-state index is 0.352. The number of benzene rings is 1. The molecule has 0 fully saturated rings. The van der Waals surface area contributed by atoms with Crippen LogP contribution in [0, 0.1) is 0 Å². The van der Waals surface area contributed by atoms with Crippen LogP contribution in [0.1, 0.15) is 18.9 Å². The molecule has 1 aromatic carbocycles. The second-order valence-electron chi connectivity index (χ2n) is 6.45. The lowest BCUT2D eigenvalue weighted by molar-refractivity contribution is 0.696. The Hall–Kier alpha value is -3.13. The topological polar surface area (TPSA) is 110 Å². The number of nitrogen functional groups attached to an aromatic ring is 1. The van der Waals surface area contributed by atoms with Gasteiger partial charge in [0, 0.05) is 24.3 Å². The maximum absolute atomic E-state index is 6.18. The molecule has 0 unspecified atom stereocenters.